The molecule has 1 aliphatic heterocycles. The Balaban J connectivity index is 2.22. The maximum Gasteiger partial charge on any atom is 0.0464 e. The maximum atomic E-state index is 6.03. The lowest BCUT2D eigenvalue weighted by atomic mass is 9.95. The standard InChI is InChI=1S/C14H14N2/c1-16-13-7-3-2-5-10(13)9-11-12(15)6-4-8-14(11)16/h2-8H,9,15H2,1H3. The van der Waals surface area contributed by atoms with E-state index in [1.165, 1.54) is 22.5 Å². The molecule has 0 fully saturated rings. The first kappa shape index (κ1) is 9.28. The zero-order valence-electron chi connectivity index (χ0n) is 9.27. The fourth-order valence-electron chi connectivity index (χ4n) is 2.41. The molecule has 80 valence electrons. The summed E-state index contributed by atoms with van der Waals surface area (Å²) in [6.45, 7) is 0. The van der Waals surface area contributed by atoms with E-state index in [0.29, 0.717) is 0 Å². The average Bonchev–Trinajstić information content (AvgIpc) is 2.31. The molecule has 0 spiro atoms. The van der Waals surface area contributed by atoms with Crippen molar-refractivity contribution >= 4 is 17.1 Å². The van der Waals surface area contributed by atoms with Crippen LogP contribution in [0.5, 0.6) is 0 Å². The minimum atomic E-state index is 0.888. The second kappa shape index (κ2) is 3.27. The fourth-order valence-corrected chi connectivity index (χ4v) is 2.41. The van der Waals surface area contributed by atoms with Crippen LogP contribution in [0.15, 0.2) is 42.5 Å². The van der Waals surface area contributed by atoms with Crippen molar-refractivity contribution in [3.63, 3.8) is 0 Å². The molecule has 0 radical (unpaired) electrons. The Morgan fingerprint density at radius 3 is 2.62 bits per heavy atom. The predicted molar refractivity (Wildman–Crippen MR) is 68.2 cm³/mol. The Morgan fingerprint density at radius 2 is 1.75 bits per heavy atom. The summed E-state index contributed by atoms with van der Waals surface area (Å²) in [6, 6.07) is 14.6. The number of hydrogen-bond donors (Lipinski definition) is 1. The summed E-state index contributed by atoms with van der Waals surface area (Å²) >= 11 is 0. The Labute approximate surface area is 95.3 Å². The van der Waals surface area contributed by atoms with Crippen LogP contribution in [0.1, 0.15) is 11.1 Å². The number of anilines is 3. The van der Waals surface area contributed by atoms with Gasteiger partial charge in [0.05, 0.1) is 0 Å². The average molecular weight is 210 g/mol. The molecule has 2 aromatic carbocycles. The van der Waals surface area contributed by atoms with Gasteiger partial charge >= 0.3 is 0 Å². The summed E-state index contributed by atoms with van der Waals surface area (Å²) < 4.78 is 0. The molecular formula is C14H14N2. The van der Waals surface area contributed by atoms with E-state index in [1.54, 1.807) is 0 Å². The van der Waals surface area contributed by atoms with Crippen LogP contribution < -0.4 is 10.6 Å². The van der Waals surface area contributed by atoms with Crippen LogP contribution in [-0.4, -0.2) is 7.05 Å². The van der Waals surface area contributed by atoms with Crippen LogP contribution in [0.3, 0.4) is 0 Å². The highest BCUT2D eigenvalue weighted by atomic mass is 15.1. The van der Waals surface area contributed by atoms with Gasteiger partial charge in [-0.3, -0.25) is 0 Å². The number of nitrogen functional groups attached to an aromatic ring is 1. The molecule has 2 aromatic rings. The van der Waals surface area contributed by atoms with Crippen LogP contribution in [0.25, 0.3) is 0 Å². The zero-order valence-corrected chi connectivity index (χ0v) is 9.27. The van der Waals surface area contributed by atoms with Crippen molar-refractivity contribution in [3.05, 3.63) is 53.6 Å². The highest BCUT2D eigenvalue weighted by Gasteiger charge is 2.20. The summed E-state index contributed by atoms with van der Waals surface area (Å²) in [7, 11) is 2.09. The molecule has 2 nitrogen and oxygen atoms in total. The van der Waals surface area contributed by atoms with Crippen molar-refractivity contribution in [3.8, 4) is 0 Å². The van der Waals surface area contributed by atoms with E-state index in [2.05, 4.69) is 42.3 Å². The molecule has 0 aliphatic carbocycles. The molecule has 2 N–H and O–H groups in total. The quantitative estimate of drug-likeness (QED) is 0.677. The second-order valence-electron chi connectivity index (χ2n) is 4.21. The van der Waals surface area contributed by atoms with E-state index in [0.717, 1.165) is 12.1 Å². The van der Waals surface area contributed by atoms with Crippen LogP contribution in [0.4, 0.5) is 17.1 Å². The van der Waals surface area contributed by atoms with Gasteiger partial charge in [-0.2, -0.15) is 0 Å². The molecule has 0 aromatic heterocycles. The van der Waals surface area contributed by atoms with Gasteiger partial charge < -0.3 is 10.6 Å². The molecule has 1 aliphatic rings. The smallest absolute Gasteiger partial charge is 0.0464 e. The van der Waals surface area contributed by atoms with Crippen molar-refractivity contribution in [1.29, 1.82) is 0 Å². The third kappa shape index (κ3) is 1.20. The van der Waals surface area contributed by atoms with Crippen LogP contribution in [0.2, 0.25) is 0 Å². The molecule has 16 heavy (non-hydrogen) atoms. The zero-order chi connectivity index (χ0) is 11.1. The van der Waals surface area contributed by atoms with Crippen molar-refractivity contribution < 1.29 is 0 Å². The molecule has 0 amide bonds. The Bertz CT molecular complexity index is 546. The SMILES string of the molecule is CN1c2ccccc2Cc2c(N)cccc21. The minimum absolute atomic E-state index is 0.888. The largest absolute Gasteiger partial charge is 0.398 e. The molecule has 1 heterocycles. The van der Waals surface area contributed by atoms with E-state index in [1.807, 2.05) is 12.1 Å². The fraction of sp³-hybridized carbons (Fsp3) is 0.143. The molecule has 0 unspecified atom stereocenters. The van der Waals surface area contributed by atoms with E-state index in [4.69, 9.17) is 5.73 Å². The number of rotatable bonds is 0. The number of nitrogens with two attached hydrogens (primary N) is 1. The first-order chi connectivity index (χ1) is 7.77. The van der Waals surface area contributed by atoms with Gasteiger partial charge in [0.15, 0.2) is 0 Å². The third-order valence-electron chi connectivity index (χ3n) is 3.27. The van der Waals surface area contributed by atoms with Gasteiger partial charge in [0.2, 0.25) is 0 Å². The molecule has 0 saturated heterocycles. The van der Waals surface area contributed by atoms with Gasteiger partial charge in [0, 0.05) is 36.1 Å². The summed E-state index contributed by atoms with van der Waals surface area (Å²) in [4.78, 5) is 2.21. The van der Waals surface area contributed by atoms with Crippen molar-refractivity contribution in [1.82, 2.24) is 0 Å². The summed E-state index contributed by atoms with van der Waals surface area (Å²) in [5.41, 5.74) is 12.0. The maximum absolute atomic E-state index is 6.03. The van der Waals surface area contributed by atoms with Crippen LogP contribution in [0, 0.1) is 0 Å². The molecular weight excluding hydrogens is 196 g/mol. The number of benzene rings is 2. The number of fused-ring (bicyclic) bond motifs is 2. The van der Waals surface area contributed by atoms with Gasteiger partial charge in [0.25, 0.3) is 0 Å². The van der Waals surface area contributed by atoms with E-state index >= 15 is 0 Å². The Kier molecular flexibility index (Phi) is 1.90. The van der Waals surface area contributed by atoms with Crippen molar-refractivity contribution in [2.24, 2.45) is 0 Å². The topological polar surface area (TPSA) is 29.3 Å². The van der Waals surface area contributed by atoms with Gasteiger partial charge in [-0.05, 0) is 23.8 Å². The molecule has 3 rings (SSSR count). The second-order valence-corrected chi connectivity index (χ2v) is 4.21. The normalized spacial score (nSPS) is 13.2. The van der Waals surface area contributed by atoms with Crippen LogP contribution >= 0.6 is 0 Å². The lowest BCUT2D eigenvalue weighted by Crippen LogP contribution is -2.19. The highest BCUT2D eigenvalue weighted by molar-refractivity contribution is 5.78. The minimum Gasteiger partial charge on any atom is -0.398 e. The van der Waals surface area contributed by atoms with Gasteiger partial charge in [-0.1, -0.05) is 24.3 Å². The first-order valence-electron chi connectivity index (χ1n) is 5.46. The van der Waals surface area contributed by atoms with Crippen molar-refractivity contribution in [2.75, 3.05) is 17.7 Å². The molecule has 0 bridgehead atoms. The van der Waals surface area contributed by atoms with Gasteiger partial charge in [0.1, 0.15) is 0 Å². The van der Waals surface area contributed by atoms with Crippen LogP contribution in [-0.2, 0) is 6.42 Å². The Hall–Kier alpha value is -1.96. The summed E-state index contributed by atoms with van der Waals surface area (Å²) in [6.07, 6.45) is 0.933. The molecule has 2 heteroatoms. The first-order valence-corrected chi connectivity index (χ1v) is 5.46. The van der Waals surface area contributed by atoms with E-state index < -0.39 is 0 Å². The number of hydrogen-bond acceptors (Lipinski definition) is 2. The lowest BCUT2D eigenvalue weighted by molar-refractivity contribution is 1.06. The third-order valence-corrected chi connectivity index (χ3v) is 3.27. The van der Waals surface area contributed by atoms with Crippen molar-refractivity contribution in [2.45, 2.75) is 6.42 Å². The highest BCUT2D eigenvalue weighted by Crippen LogP contribution is 2.39. The summed E-state index contributed by atoms with van der Waals surface area (Å²) in [5.74, 6) is 0. The number of nitrogens with zero attached hydrogens (tertiary/aromatic N) is 1. The van der Waals surface area contributed by atoms with E-state index in [9.17, 15) is 0 Å². The molecule has 0 saturated carbocycles. The van der Waals surface area contributed by atoms with Gasteiger partial charge in [-0.15, -0.1) is 0 Å². The monoisotopic (exact) mass is 210 g/mol. The number of para-hydroxylation sites is 1. The van der Waals surface area contributed by atoms with E-state index in [-0.39, 0.29) is 0 Å². The predicted octanol–water partition coefficient (Wildman–Crippen LogP) is 2.94. The lowest BCUT2D eigenvalue weighted by Gasteiger charge is -2.30. The molecule has 0 atom stereocenters. The Morgan fingerprint density at radius 1 is 1.00 bits per heavy atom. The summed E-state index contributed by atoms with van der Waals surface area (Å²) in [5, 5.41) is 0. The van der Waals surface area contributed by atoms with Gasteiger partial charge in [-0.25, -0.2) is 0 Å².